The van der Waals surface area contributed by atoms with Gasteiger partial charge in [0.25, 0.3) is 0 Å². The fraction of sp³-hybridized carbons (Fsp3) is 0.308. The third-order valence-electron chi connectivity index (χ3n) is 6.58. The topological polar surface area (TPSA) is 95.4 Å². The first-order valence-electron chi connectivity index (χ1n) is 12.1. The third-order valence-corrected chi connectivity index (χ3v) is 7.77. The first-order chi connectivity index (χ1) is 17.7. The zero-order valence-electron chi connectivity index (χ0n) is 21.0. The van der Waals surface area contributed by atoms with Crippen molar-refractivity contribution in [3.05, 3.63) is 72.3 Å². The lowest BCUT2D eigenvalue weighted by molar-refractivity contribution is 0.485. The summed E-state index contributed by atoms with van der Waals surface area (Å²) in [6.07, 6.45) is 4.68. The SMILES string of the molecule is CC1CN(c2ccc(Nc3ncc4ccn(Cc5cc(F)ccc5N(C)S(C)(=O)=O)c4n3)cc2)CCN1. The molecule has 2 aromatic carbocycles. The van der Waals surface area contributed by atoms with Gasteiger partial charge in [-0.1, -0.05) is 0 Å². The first-order valence-corrected chi connectivity index (χ1v) is 13.9. The summed E-state index contributed by atoms with van der Waals surface area (Å²) in [5.41, 5.74) is 3.63. The number of aromatic nitrogens is 3. The van der Waals surface area contributed by atoms with Crippen LogP contribution in [0.2, 0.25) is 0 Å². The minimum atomic E-state index is -3.51. The van der Waals surface area contributed by atoms with Crippen LogP contribution >= 0.6 is 0 Å². The smallest absolute Gasteiger partial charge is 0.232 e. The van der Waals surface area contributed by atoms with Crippen LogP contribution in [0.3, 0.4) is 0 Å². The Morgan fingerprint density at radius 2 is 1.97 bits per heavy atom. The van der Waals surface area contributed by atoms with E-state index < -0.39 is 15.8 Å². The summed E-state index contributed by atoms with van der Waals surface area (Å²) in [5.74, 6) is -0.00321. The van der Waals surface area contributed by atoms with Crippen LogP contribution in [0, 0.1) is 5.82 Å². The van der Waals surface area contributed by atoms with E-state index in [9.17, 15) is 12.8 Å². The van der Waals surface area contributed by atoms with Gasteiger partial charge in [-0.05, 0) is 61.0 Å². The van der Waals surface area contributed by atoms with Crippen molar-refractivity contribution in [2.24, 2.45) is 0 Å². The molecule has 0 amide bonds. The molecule has 0 spiro atoms. The lowest BCUT2D eigenvalue weighted by Gasteiger charge is -2.33. The summed E-state index contributed by atoms with van der Waals surface area (Å²) in [6.45, 7) is 5.34. The molecule has 2 aromatic heterocycles. The highest BCUT2D eigenvalue weighted by atomic mass is 32.2. The highest BCUT2D eigenvalue weighted by Gasteiger charge is 2.18. The summed E-state index contributed by atoms with van der Waals surface area (Å²) in [5, 5.41) is 7.54. The first kappa shape index (κ1) is 25.0. The number of fused-ring (bicyclic) bond motifs is 1. The molecule has 3 heterocycles. The van der Waals surface area contributed by atoms with Crippen molar-refractivity contribution in [2.75, 3.05) is 47.5 Å². The molecular formula is C26H30FN7O2S. The van der Waals surface area contributed by atoms with Crippen molar-refractivity contribution >= 4 is 44.1 Å². The average molecular weight is 524 g/mol. The largest absolute Gasteiger partial charge is 0.369 e. The van der Waals surface area contributed by atoms with E-state index in [2.05, 4.69) is 39.6 Å². The summed E-state index contributed by atoms with van der Waals surface area (Å²) in [6, 6.07) is 14.6. The van der Waals surface area contributed by atoms with E-state index in [1.54, 1.807) is 6.20 Å². The highest BCUT2D eigenvalue weighted by Crippen LogP contribution is 2.26. The Morgan fingerprint density at radius 3 is 2.70 bits per heavy atom. The van der Waals surface area contributed by atoms with Crippen molar-refractivity contribution in [1.82, 2.24) is 19.9 Å². The molecule has 37 heavy (non-hydrogen) atoms. The highest BCUT2D eigenvalue weighted by molar-refractivity contribution is 7.92. The number of piperazine rings is 1. The molecule has 4 aromatic rings. The van der Waals surface area contributed by atoms with Gasteiger partial charge in [0.2, 0.25) is 16.0 Å². The average Bonchev–Trinajstić information content (AvgIpc) is 3.25. The van der Waals surface area contributed by atoms with E-state index in [4.69, 9.17) is 4.98 Å². The predicted molar refractivity (Wildman–Crippen MR) is 146 cm³/mol. The standard InChI is InChI=1S/C26H30FN7O2S/c1-18-16-33(13-11-28-18)23-7-5-22(6-8-23)30-26-29-15-19-10-12-34(25(19)31-26)17-20-14-21(27)4-9-24(20)32(2)37(3,35)36/h4-10,12,14-15,18,28H,11,13,16-17H2,1-3H3,(H,29,30,31). The molecule has 2 N–H and O–H groups in total. The Kier molecular flexibility index (Phi) is 6.74. The van der Waals surface area contributed by atoms with Gasteiger partial charge in [-0.3, -0.25) is 4.31 Å². The number of hydrogen-bond acceptors (Lipinski definition) is 7. The molecule has 5 rings (SSSR count). The van der Waals surface area contributed by atoms with Crippen LogP contribution in [0.15, 0.2) is 60.9 Å². The van der Waals surface area contributed by atoms with E-state index in [1.165, 1.54) is 30.9 Å². The van der Waals surface area contributed by atoms with Crippen LogP contribution in [0.5, 0.6) is 0 Å². The zero-order valence-corrected chi connectivity index (χ0v) is 21.8. The second-order valence-corrected chi connectivity index (χ2v) is 11.4. The van der Waals surface area contributed by atoms with Gasteiger partial charge in [0.15, 0.2) is 0 Å². The van der Waals surface area contributed by atoms with Crippen molar-refractivity contribution in [3.8, 4) is 0 Å². The normalized spacial score (nSPS) is 16.2. The van der Waals surface area contributed by atoms with Crippen molar-refractivity contribution in [1.29, 1.82) is 0 Å². The van der Waals surface area contributed by atoms with Crippen molar-refractivity contribution in [3.63, 3.8) is 0 Å². The van der Waals surface area contributed by atoms with Crippen LogP contribution < -0.4 is 19.8 Å². The van der Waals surface area contributed by atoms with E-state index in [0.29, 0.717) is 28.9 Å². The number of benzene rings is 2. The van der Waals surface area contributed by atoms with Gasteiger partial charge < -0.3 is 20.1 Å². The number of nitrogens with zero attached hydrogens (tertiary/aromatic N) is 5. The van der Waals surface area contributed by atoms with Gasteiger partial charge in [0, 0.05) is 61.9 Å². The second kappa shape index (κ2) is 9.98. The van der Waals surface area contributed by atoms with Crippen LogP contribution in [0.4, 0.5) is 27.4 Å². The van der Waals surface area contributed by atoms with Crippen LogP contribution in [-0.2, 0) is 16.6 Å². The second-order valence-electron chi connectivity index (χ2n) is 9.39. The van der Waals surface area contributed by atoms with Crippen LogP contribution in [-0.4, -0.2) is 61.9 Å². The maximum Gasteiger partial charge on any atom is 0.232 e. The Balaban J connectivity index is 1.38. The number of nitrogens with one attached hydrogen (secondary N) is 2. The number of anilines is 4. The molecule has 9 nitrogen and oxygen atoms in total. The number of halogens is 1. The van der Waals surface area contributed by atoms with Gasteiger partial charge >= 0.3 is 0 Å². The summed E-state index contributed by atoms with van der Waals surface area (Å²) in [4.78, 5) is 11.5. The minimum Gasteiger partial charge on any atom is -0.369 e. The Bertz CT molecular complexity index is 1520. The van der Waals surface area contributed by atoms with Crippen molar-refractivity contribution in [2.45, 2.75) is 19.5 Å². The third kappa shape index (κ3) is 5.52. The lowest BCUT2D eigenvalue weighted by Crippen LogP contribution is -2.49. The molecule has 1 unspecified atom stereocenters. The van der Waals surface area contributed by atoms with E-state index >= 15 is 0 Å². The zero-order chi connectivity index (χ0) is 26.2. The van der Waals surface area contributed by atoms with E-state index in [1.807, 2.05) is 29.0 Å². The molecule has 0 aliphatic carbocycles. The molecule has 1 atom stereocenters. The molecular weight excluding hydrogens is 493 g/mol. The molecule has 1 fully saturated rings. The van der Waals surface area contributed by atoms with Crippen LogP contribution in [0.1, 0.15) is 12.5 Å². The van der Waals surface area contributed by atoms with Crippen LogP contribution in [0.25, 0.3) is 11.0 Å². The quantitative estimate of drug-likeness (QED) is 0.383. The van der Waals surface area contributed by atoms with E-state index in [-0.39, 0.29) is 6.54 Å². The Morgan fingerprint density at radius 1 is 1.19 bits per heavy atom. The predicted octanol–water partition coefficient (Wildman–Crippen LogP) is 3.56. The molecule has 1 saturated heterocycles. The van der Waals surface area contributed by atoms with E-state index in [0.717, 1.165) is 41.3 Å². The molecule has 1 aliphatic rings. The maximum absolute atomic E-state index is 14.1. The fourth-order valence-corrected chi connectivity index (χ4v) is 5.10. The molecule has 1 aliphatic heterocycles. The van der Waals surface area contributed by atoms with Gasteiger partial charge in [-0.25, -0.2) is 17.8 Å². The minimum absolute atomic E-state index is 0.241. The maximum atomic E-state index is 14.1. The summed E-state index contributed by atoms with van der Waals surface area (Å²) < 4.78 is 41.3. The van der Waals surface area contributed by atoms with Gasteiger partial charge in [-0.2, -0.15) is 4.98 Å². The number of sulfonamides is 1. The monoisotopic (exact) mass is 523 g/mol. The van der Waals surface area contributed by atoms with Gasteiger partial charge in [-0.15, -0.1) is 0 Å². The summed E-state index contributed by atoms with van der Waals surface area (Å²) >= 11 is 0. The Labute approximate surface area is 216 Å². The van der Waals surface area contributed by atoms with Crippen molar-refractivity contribution < 1.29 is 12.8 Å². The fourth-order valence-electron chi connectivity index (χ4n) is 4.56. The molecule has 11 heteroatoms. The molecule has 0 bridgehead atoms. The number of rotatable bonds is 7. The van der Waals surface area contributed by atoms with Gasteiger partial charge in [0.1, 0.15) is 11.5 Å². The molecule has 0 radical (unpaired) electrons. The molecule has 194 valence electrons. The number of hydrogen-bond donors (Lipinski definition) is 2. The lowest BCUT2D eigenvalue weighted by atomic mass is 10.1. The van der Waals surface area contributed by atoms with Gasteiger partial charge in [0.05, 0.1) is 18.5 Å². The summed E-state index contributed by atoms with van der Waals surface area (Å²) in [7, 11) is -2.05. The Hall–Kier alpha value is -3.70. The molecule has 0 saturated carbocycles.